The zero-order valence-electron chi connectivity index (χ0n) is 11.2. The molecule has 19 heavy (non-hydrogen) atoms. The molecule has 0 saturated heterocycles. The van der Waals surface area contributed by atoms with Crippen LogP contribution >= 0.6 is 11.3 Å². The average molecular weight is 275 g/mol. The molecule has 100 valence electrons. The molecule has 4 nitrogen and oxygen atoms in total. The number of carbonyl (C=O) groups is 1. The largest absolute Gasteiger partial charge is 0.377 e. The number of nitrogens with one attached hydrogen (secondary N) is 1. The number of hydrogen-bond acceptors (Lipinski definition) is 4. The van der Waals surface area contributed by atoms with Gasteiger partial charge in [-0.2, -0.15) is 0 Å². The van der Waals surface area contributed by atoms with E-state index in [-0.39, 0.29) is 6.04 Å². The van der Waals surface area contributed by atoms with Crippen LogP contribution in [0.1, 0.15) is 39.5 Å². The van der Waals surface area contributed by atoms with Crippen molar-refractivity contribution in [3.05, 3.63) is 45.4 Å². The van der Waals surface area contributed by atoms with E-state index in [1.165, 1.54) is 4.88 Å². The molecule has 0 spiro atoms. The van der Waals surface area contributed by atoms with Gasteiger partial charge >= 0.3 is 0 Å². The van der Waals surface area contributed by atoms with E-state index in [1.54, 1.807) is 23.5 Å². The van der Waals surface area contributed by atoms with Gasteiger partial charge in [-0.05, 0) is 44.5 Å². The van der Waals surface area contributed by atoms with Crippen LogP contribution < -0.4 is 11.1 Å². The Bertz CT molecular complexity index is 606. The zero-order valence-corrected chi connectivity index (χ0v) is 12.0. The number of nitrogens with zero attached hydrogens (tertiary/aromatic N) is 1. The molecule has 0 fully saturated rings. The number of nitrogens with two attached hydrogens (primary N) is 1. The number of amides is 1. The molecule has 3 N–H and O–H groups in total. The van der Waals surface area contributed by atoms with Gasteiger partial charge in [-0.25, -0.2) is 4.98 Å². The van der Waals surface area contributed by atoms with Crippen LogP contribution in [0.25, 0.3) is 0 Å². The predicted molar refractivity (Wildman–Crippen MR) is 78.6 cm³/mol. The lowest BCUT2D eigenvalue weighted by Crippen LogP contribution is -2.12. The summed E-state index contributed by atoms with van der Waals surface area (Å²) in [5.74, 6) is -0.402. The zero-order chi connectivity index (χ0) is 14.0. The van der Waals surface area contributed by atoms with Crippen LogP contribution in [0.2, 0.25) is 0 Å². The molecule has 1 aromatic heterocycles. The van der Waals surface area contributed by atoms with E-state index in [2.05, 4.69) is 17.2 Å². The Hall–Kier alpha value is -1.88. The summed E-state index contributed by atoms with van der Waals surface area (Å²) < 4.78 is 0. The van der Waals surface area contributed by atoms with Crippen molar-refractivity contribution >= 4 is 22.9 Å². The SMILES string of the molecule is Cc1cc(C(N)=O)ccc1NC(C)c1scnc1C. The molecular weight excluding hydrogens is 258 g/mol. The number of rotatable bonds is 4. The van der Waals surface area contributed by atoms with E-state index in [0.717, 1.165) is 16.9 Å². The number of benzene rings is 1. The second-order valence-corrected chi connectivity index (χ2v) is 5.45. The van der Waals surface area contributed by atoms with Crippen LogP contribution in [0, 0.1) is 13.8 Å². The number of aromatic nitrogens is 1. The lowest BCUT2D eigenvalue weighted by atomic mass is 10.1. The highest BCUT2D eigenvalue weighted by molar-refractivity contribution is 7.09. The quantitative estimate of drug-likeness (QED) is 0.901. The Balaban J connectivity index is 2.20. The molecular formula is C14H17N3OS. The van der Waals surface area contributed by atoms with E-state index in [0.29, 0.717) is 5.56 Å². The molecule has 0 radical (unpaired) electrons. The van der Waals surface area contributed by atoms with Gasteiger partial charge in [-0.15, -0.1) is 11.3 Å². The van der Waals surface area contributed by atoms with Gasteiger partial charge in [-0.3, -0.25) is 4.79 Å². The van der Waals surface area contributed by atoms with Crippen LogP contribution in [0.15, 0.2) is 23.7 Å². The third kappa shape index (κ3) is 2.93. The molecule has 0 aliphatic carbocycles. The van der Waals surface area contributed by atoms with E-state index >= 15 is 0 Å². The Morgan fingerprint density at radius 1 is 1.42 bits per heavy atom. The number of primary amides is 1. The first-order valence-electron chi connectivity index (χ1n) is 6.06. The Kier molecular flexibility index (Phi) is 3.85. The summed E-state index contributed by atoms with van der Waals surface area (Å²) in [6.07, 6.45) is 0. The maximum atomic E-state index is 11.1. The monoisotopic (exact) mass is 275 g/mol. The average Bonchev–Trinajstić information content (AvgIpc) is 2.77. The van der Waals surface area contributed by atoms with Crippen LogP contribution in [-0.4, -0.2) is 10.9 Å². The number of carbonyl (C=O) groups excluding carboxylic acids is 1. The fraction of sp³-hybridized carbons (Fsp3) is 0.286. The lowest BCUT2D eigenvalue weighted by Gasteiger charge is -2.16. The molecule has 2 aromatic rings. The lowest BCUT2D eigenvalue weighted by molar-refractivity contribution is 0.1000. The van der Waals surface area contributed by atoms with Crippen LogP contribution in [0.5, 0.6) is 0 Å². The number of anilines is 1. The van der Waals surface area contributed by atoms with Gasteiger partial charge in [0.15, 0.2) is 0 Å². The first-order valence-corrected chi connectivity index (χ1v) is 6.94. The van der Waals surface area contributed by atoms with E-state index in [1.807, 2.05) is 25.4 Å². The molecule has 5 heteroatoms. The highest BCUT2D eigenvalue weighted by Crippen LogP contribution is 2.27. The fourth-order valence-electron chi connectivity index (χ4n) is 2.00. The molecule has 0 aliphatic rings. The highest BCUT2D eigenvalue weighted by atomic mass is 32.1. The predicted octanol–water partition coefficient (Wildman–Crippen LogP) is 3.03. The third-order valence-electron chi connectivity index (χ3n) is 3.06. The Morgan fingerprint density at radius 2 is 2.16 bits per heavy atom. The molecule has 0 aliphatic heterocycles. The Labute approximate surface area is 116 Å². The fourth-order valence-corrected chi connectivity index (χ4v) is 2.81. The molecule has 0 saturated carbocycles. The first-order chi connectivity index (χ1) is 8.99. The second kappa shape index (κ2) is 5.40. The summed E-state index contributed by atoms with van der Waals surface area (Å²) >= 11 is 1.64. The number of hydrogen-bond donors (Lipinski definition) is 2. The highest BCUT2D eigenvalue weighted by Gasteiger charge is 2.12. The maximum absolute atomic E-state index is 11.1. The van der Waals surface area contributed by atoms with Crippen molar-refractivity contribution in [1.29, 1.82) is 0 Å². The van der Waals surface area contributed by atoms with Crippen molar-refractivity contribution in [2.24, 2.45) is 5.73 Å². The topological polar surface area (TPSA) is 68.0 Å². The smallest absolute Gasteiger partial charge is 0.248 e. The minimum atomic E-state index is -0.402. The van der Waals surface area contributed by atoms with Gasteiger partial charge in [0.25, 0.3) is 0 Å². The number of aryl methyl sites for hydroxylation is 2. The maximum Gasteiger partial charge on any atom is 0.248 e. The molecule has 0 bridgehead atoms. The van der Waals surface area contributed by atoms with Gasteiger partial charge in [-0.1, -0.05) is 0 Å². The summed E-state index contributed by atoms with van der Waals surface area (Å²) in [5, 5.41) is 3.44. The van der Waals surface area contributed by atoms with Crippen LogP contribution in [0.3, 0.4) is 0 Å². The summed E-state index contributed by atoms with van der Waals surface area (Å²) in [6.45, 7) is 6.07. The summed E-state index contributed by atoms with van der Waals surface area (Å²) in [6, 6.07) is 5.62. The molecule has 1 heterocycles. The van der Waals surface area contributed by atoms with Gasteiger partial charge in [0.1, 0.15) is 0 Å². The molecule has 1 unspecified atom stereocenters. The third-order valence-corrected chi connectivity index (χ3v) is 4.17. The number of thiazole rings is 1. The molecule has 1 aromatic carbocycles. The van der Waals surface area contributed by atoms with Crippen molar-refractivity contribution in [2.75, 3.05) is 5.32 Å². The van der Waals surface area contributed by atoms with Gasteiger partial charge in [0.05, 0.1) is 17.2 Å². The van der Waals surface area contributed by atoms with Gasteiger partial charge in [0, 0.05) is 16.1 Å². The summed E-state index contributed by atoms with van der Waals surface area (Å²) in [4.78, 5) is 16.6. The second-order valence-electron chi connectivity index (χ2n) is 4.56. The normalized spacial score (nSPS) is 12.2. The van der Waals surface area contributed by atoms with Crippen molar-refractivity contribution in [1.82, 2.24) is 4.98 Å². The van der Waals surface area contributed by atoms with Crippen molar-refractivity contribution < 1.29 is 4.79 Å². The molecule has 1 atom stereocenters. The molecule has 1 amide bonds. The first kappa shape index (κ1) is 13.5. The van der Waals surface area contributed by atoms with Gasteiger partial charge < -0.3 is 11.1 Å². The van der Waals surface area contributed by atoms with Gasteiger partial charge in [0.2, 0.25) is 5.91 Å². The van der Waals surface area contributed by atoms with E-state index in [9.17, 15) is 4.79 Å². The minimum Gasteiger partial charge on any atom is -0.377 e. The van der Waals surface area contributed by atoms with Crippen molar-refractivity contribution in [2.45, 2.75) is 26.8 Å². The minimum absolute atomic E-state index is 0.186. The molecule has 2 rings (SSSR count). The van der Waals surface area contributed by atoms with Crippen molar-refractivity contribution in [3.8, 4) is 0 Å². The van der Waals surface area contributed by atoms with E-state index in [4.69, 9.17) is 5.73 Å². The van der Waals surface area contributed by atoms with Crippen LogP contribution in [0.4, 0.5) is 5.69 Å². The van der Waals surface area contributed by atoms with Crippen LogP contribution in [-0.2, 0) is 0 Å². The summed E-state index contributed by atoms with van der Waals surface area (Å²) in [5.41, 5.74) is 10.7. The Morgan fingerprint density at radius 3 is 2.68 bits per heavy atom. The summed E-state index contributed by atoms with van der Waals surface area (Å²) in [7, 11) is 0. The standard InChI is InChI=1S/C14H17N3OS/c1-8-6-11(14(15)18)4-5-12(8)17-10(3)13-9(2)16-7-19-13/h4-7,10,17H,1-3H3,(H2,15,18). The van der Waals surface area contributed by atoms with Crippen molar-refractivity contribution in [3.63, 3.8) is 0 Å². The van der Waals surface area contributed by atoms with E-state index < -0.39 is 5.91 Å².